The fraction of sp³-hybridized carbons (Fsp3) is 0.382. The van der Waals surface area contributed by atoms with Crippen molar-refractivity contribution in [3.63, 3.8) is 0 Å². The zero-order chi connectivity index (χ0) is 31.6. The van der Waals surface area contributed by atoms with Crippen LogP contribution in [0.4, 0.5) is 5.82 Å². The summed E-state index contributed by atoms with van der Waals surface area (Å²) in [5.41, 5.74) is 5.29. The van der Waals surface area contributed by atoms with Gasteiger partial charge in [0.2, 0.25) is 14.2 Å². The van der Waals surface area contributed by atoms with Gasteiger partial charge in [-0.2, -0.15) is 11.3 Å². The van der Waals surface area contributed by atoms with E-state index in [1.165, 1.54) is 0 Å². The number of hydrogen-bond donors (Lipinski definition) is 2. The Hall–Kier alpha value is -3.12. The molecule has 0 radical (unpaired) electrons. The van der Waals surface area contributed by atoms with Crippen LogP contribution in [0.3, 0.4) is 0 Å². The number of anilines is 1. The second-order valence-electron chi connectivity index (χ2n) is 14.0. The number of carbonyl (C=O) groups excluding carboxylic acids is 1. The quantitative estimate of drug-likeness (QED) is 0.171. The fourth-order valence-electron chi connectivity index (χ4n) is 4.22. The van der Waals surface area contributed by atoms with Gasteiger partial charge in [-0.1, -0.05) is 58.9 Å². The normalized spacial score (nSPS) is 12.7. The Kier molecular flexibility index (Phi) is 9.51. The molecular weight excluding hydrogens is 587 g/mol. The topological polar surface area (TPSA) is 84.3 Å². The van der Waals surface area contributed by atoms with Crippen LogP contribution >= 0.6 is 11.3 Å². The van der Waals surface area contributed by atoms with Gasteiger partial charge in [-0.25, -0.2) is 9.97 Å². The maximum absolute atomic E-state index is 13.1. The Morgan fingerprint density at radius 3 is 2.09 bits per heavy atom. The van der Waals surface area contributed by atoms with Crippen LogP contribution in [-0.2, 0) is 17.6 Å². The highest BCUT2D eigenvalue weighted by atomic mass is 32.1. The van der Waals surface area contributed by atoms with Gasteiger partial charge in [0, 0.05) is 16.5 Å². The van der Waals surface area contributed by atoms with Gasteiger partial charge < -0.3 is 14.5 Å². The van der Waals surface area contributed by atoms with Crippen molar-refractivity contribution >= 4 is 39.7 Å². The van der Waals surface area contributed by atoms with E-state index in [0.717, 1.165) is 40.1 Å². The molecule has 2 aromatic heterocycles. The average molecular weight is 632 g/mol. The molecule has 0 atom stereocenters. The molecule has 228 valence electrons. The molecule has 4 aromatic rings. The third-order valence-electron chi connectivity index (χ3n) is 8.84. The van der Waals surface area contributed by atoms with E-state index < -0.39 is 16.6 Å². The van der Waals surface area contributed by atoms with Crippen molar-refractivity contribution in [3.8, 4) is 28.3 Å². The summed E-state index contributed by atoms with van der Waals surface area (Å²) in [4.78, 5) is 33.3. The first kappa shape index (κ1) is 32.8. The molecule has 0 aliphatic heterocycles. The number of nitrogens with zero attached hydrogens (tertiary/aromatic N) is 2. The van der Waals surface area contributed by atoms with Crippen molar-refractivity contribution in [1.82, 2.24) is 9.97 Å². The van der Waals surface area contributed by atoms with E-state index in [-0.39, 0.29) is 22.4 Å². The summed E-state index contributed by atoms with van der Waals surface area (Å²) in [5, 5.41) is 6.97. The molecule has 1 amide bonds. The third kappa shape index (κ3) is 8.09. The SMILES string of the molecule is CC(C)(Cc1ccc(CC(=O)Nc2ncc(-c3ccc(O[Si](C)(C)C(C)(C)C)cc3)nc2-c2ccsc2)cc1)[Si](C)(C)O. The molecule has 0 saturated heterocycles. The Morgan fingerprint density at radius 1 is 0.907 bits per heavy atom. The summed E-state index contributed by atoms with van der Waals surface area (Å²) < 4.78 is 6.44. The molecule has 2 heterocycles. The van der Waals surface area contributed by atoms with Crippen molar-refractivity contribution < 1.29 is 14.0 Å². The molecule has 0 bridgehead atoms. The number of rotatable bonds is 10. The molecule has 4 rings (SSSR count). The van der Waals surface area contributed by atoms with E-state index in [9.17, 15) is 9.59 Å². The Morgan fingerprint density at radius 2 is 1.53 bits per heavy atom. The molecule has 6 nitrogen and oxygen atoms in total. The first-order valence-electron chi connectivity index (χ1n) is 14.7. The monoisotopic (exact) mass is 631 g/mol. The molecule has 2 aromatic carbocycles. The third-order valence-corrected chi connectivity index (χ3v) is 17.4. The van der Waals surface area contributed by atoms with E-state index in [0.29, 0.717) is 11.5 Å². The molecule has 0 aliphatic carbocycles. The van der Waals surface area contributed by atoms with Gasteiger partial charge in [0.15, 0.2) is 14.1 Å². The van der Waals surface area contributed by atoms with Crippen LogP contribution in [0, 0.1) is 0 Å². The van der Waals surface area contributed by atoms with Gasteiger partial charge in [-0.15, -0.1) is 0 Å². The molecule has 0 unspecified atom stereocenters. The van der Waals surface area contributed by atoms with Gasteiger partial charge in [0.05, 0.1) is 18.3 Å². The minimum absolute atomic E-state index is 0.118. The largest absolute Gasteiger partial charge is 0.544 e. The first-order valence-corrected chi connectivity index (χ1v) is 21.5. The van der Waals surface area contributed by atoms with Crippen LogP contribution in [-0.4, -0.2) is 37.3 Å². The lowest BCUT2D eigenvalue weighted by molar-refractivity contribution is -0.115. The summed E-state index contributed by atoms with van der Waals surface area (Å²) in [6.07, 6.45) is 2.73. The molecule has 0 aliphatic rings. The van der Waals surface area contributed by atoms with Crippen LogP contribution in [0.1, 0.15) is 45.7 Å². The molecule has 9 heteroatoms. The molecule has 2 N–H and O–H groups in total. The number of amides is 1. The van der Waals surface area contributed by atoms with Crippen LogP contribution < -0.4 is 9.74 Å². The lowest BCUT2D eigenvalue weighted by atomic mass is 10.00. The Labute approximate surface area is 262 Å². The molecule has 0 fully saturated rings. The van der Waals surface area contributed by atoms with Gasteiger partial charge >= 0.3 is 0 Å². The van der Waals surface area contributed by atoms with E-state index in [1.807, 2.05) is 66.3 Å². The van der Waals surface area contributed by atoms with Gasteiger partial charge in [-0.3, -0.25) is 4.79 Å². The van der Waals surface area contributed by atoms with Crippen LogP contribution in [0.25, 0.3) is 22.5 Å². The number of thiophene rings is 1. The van der Waals surface area contributed by atoms with Crippen molar-refractivity contribution in [2.24, 2.45) is 0 Å². The summed E-state index contributed by atoms with van der Waals surface area (Å²) in [7, 11) is -4.24. The van der Waals surface area contributed by atoms with Gasteiger partial charge in [0.25, 0.3) is 0 Å². The zero-order valence-corrected chi connectivity index (χ0v) is 29.7. The van der Waals surface area contributed by atoms with E-state index in [1.54, 1.807) is 17.5 Å². The van der Waals surface area contributed by atoms with Crippen LogP contribution in [0.5, 0.6) is 5.75 Å². The van der Waals surface area contributed by atoms with Crippen molar-refractivity contribution in [2.75, 3.05) is 5.32 Å². The highest BCUT2D eigenvalue weighted by molar-refractivity contribution is 7.08. The van der Waals surface area contributed by atoms with E-state index in [2.05, 4.69) is 70.1 Å². The predicted molar refractivity (Wildman–Crippen MR) is 185 cm³/mol. The standard InChI is InChI=1S/C34H45N3O3SSi2/c1-33(2,3)43(8,9)40-28-16-14-26(15-17-28)29-22-35-32(31(36-29)27-18-19-41-23-27)37-30(38)20-24-10-12-25(13-11-24)21-34(4,5)42(6,7)39/h10-19,22-23,39H,20-21H2,1-9H3,(H,35,37,38). The Bertz CT molecular complexity index is 1540. The number of carbonyl (C=O) groups is 1. The van der Waals surface area contributed by atoms with Crippen molar-refractivity contribution in [3.05, 3.63) is 82.7 Å². The molecule has 0 saturated carbocycles. The van der Waals surface area contributed by atoms with Gasteiger partial charge in [0.1, 0.15) is 11.4 Å². The average Bonchev–Trinajstić information content (AvgIpc) is 3.44. The summed E-state index contributed by atoms with van der Waals surface area (Å²) in [6, 6.07) is 18.1. The fourth-order valence-corrected chi connectivity index (χ4v) is 6.53. The predicted octanol–water partition coefficient (Wildman–Crippen LogP) is 8.96. The summed E-state index contributed by atoms with van der Waals surface area (Å²) in [5.74, 6) is 1.15. The second-order valence-corrected chi connectivity index (χ2v) is 24.0. The molecular formula is C34H45N3O3SSi2. The van der Waals surface area contributed by atoms with E-state index >= 15 is 0 Å². The minimum Gasteiger partial charge on any atom is -0.544 e. The summed E-state index contributed by atoms with van der Waals surface area (Å²) >= 11 is 1.58. The van der Waals surface area contributed by atoms with Gasteiger partial charge in [-0.05, 0) is 89.5 Å². The van der Waals surface area contributed by atoms with Crippen molar-refractivity contribution in [1.29, 1.82) is 0 Å². The molecule has 0 spiro atoms. The van der Waals surface area contributed by atoms with Crippen molar-refractivity contribution in [2.45, 2.75) is 83.7 Å². The zero-order valence-electron chi connectivity index (χ0n) is 26.9. The minimum atomic E-state index is -2.30. The highest BCUT2D eigenvalue weighted by Gasteiger charge is 2.39. The van der Waals surface area contributed by atoms with E-state index in [4.69, 9.17) is 9.41 Å². The smallest absolute Gasteiger partial charge is 0.250 e. The number of nitrogens with one attached hydrogen (secondary N) is 1. The van der Waals surface area contributed by atoms with Crippen LogP contribution in [0.15, 0.2) is 71.6 Å². The van der Waals surface area contributed by atoms with Crippen LogP contribution in [0.2, 0.25) is 36.3 Å². The Balaban J connectivity index is 1.49. The molecule has 43 heavy (non-hydrogen) atoms. The number of benzene rings is 2. The lowest BCUT2D eigenvalue weighted by Gasteiger charge is -2.36. The maximum Gasteiger partial charge on any atom is 0.250 e. The lowest BCUT2D eigenvalue weighted by Crippen LogP contribution is -2.43. The number of hydrogen-bond acceptors (Lipinski definition) is 6. The number of aromatic nitrogens is 2. The second kappa shape index (κ2) is 12.5. The first-order chi connectivity index (χ1) is 19.9. The summed E-state index contributed by atoms with van der Waals surface area (Å²) in [6.45, 7) is 19.4. The highest BCUT2D eigenvalue weighted by Crippen LogP contribution is 2.39. The maximum atomic E-state index is 13.1.